The number of nitrogens with one attached hydrogen (secondary N) is 1. The Morgan fingerprint density at radius 1 is 1.56 bits per heavy atom. The Labute approximate surface area is 106 Å². The van der Waals surface area contributed by atoms with Crippen LogP contribution in [0.3, 0.4) is 0 Å². The van der Waals surface area contributed by atoms with Gasteiger partial charge in [0.05, 0.1) is 25.5 Å². The first-order chi connectivity index (χ1) is 8.58. The van der Waals surface area contributed by atoms with E-state index in [1.807, 2.05) is 6.92 Å². The van der Waals surface area contributed by atoms with Crippen LogP contribution in [0.2, 0.25) is 0 Å². The van der Waals surface area contributed by atoms with Crippen molar-refractivity contribution in [2.75, 3.05) is 20.2 Å². The summed E-state index contributed by atoms with van der Waals surface area (Å²) in [6, 6.07) is 2.88. The lowest BCUT2D eigenvalue weighted by atomic mass is 10.2. The fraction of sp³-hybridized carbons (Fsp3) is 0.500. The largest absolute Gasteiger partial charge is 0.459 e. The zero-order valence-corrected chi connectivity index (χ0v) is 10.5. The molecule has 0 fully saturated rings. The number of amides is 2. The molecule has 6 heteroatoms. The van der Waals surface area contributed by atoms with Gasteiger partial charge in [-0.25, -0.2) is 0 Å². The Kier molecular flexibility index (Phi) is 5.38. The molecule has 0 aromatic carbocycles. The molecule has 1 unspecified atom stereocenters. The van der Waals surface area contributed by atoms with Gasteiger partial charge in [-0.2, -0.15) is 0 Å². The van der Waals surface area contributed by atoms with E-state index >= 15 is 0 Å². The quantitative estimate of drug-likeness (QED) is 0.761. The molecule has 1 aromatic rings. The van der Waals surface area contributed by atoms with Gasteiger partial charge in [0.1, 0.15) is 0 Å². The number of aliphatic hydroxyl groups excluding tert-OH is 1. The second kappa shape index (κ2) is 6.80. The Morgan fingerprint density at radius 2 is 2.28 bits per heavy atom. The number of rotatable bonds is 6. The summed E-state index contributed by atoms with van der Waals surface area (Å²) in [5, 5.41) is 11.6. The Bertz CT molecular complexity index is 385. The summed E-state index contributed by atoms with van der Waals surface area (Å²) in [5.41, 5.74) is 0. The van der Waals surface area contributed by atoms with E-state index < -0.39 is 0 Å². The molecule has 0 aliphatic rings. The van der Waals surface area contributed by atoms with Crippen molar-refractivity contribution in [1.82, 2.24) is 10.2 Å². The molecule has 0 bridgehead atoms. The van der Waals surface area contributed by atoms with Gasteiger partial charge in [-0.1, -0.05) is 6.92 Å². The number of nitrogens with zero attached hydrogens (tertiary/aromatic N) is 1. The van der Waals surface area contributed by atoms with Gasteiger partial charge in [-0.15, -0.1) is 0 Å². The summed E-state index contributed by atoms with van der Waals surface area (Å²) < 4.78 is 4.96. The maximum atomic E-state index is 11.8. The van der Waals surface area contributed by atoms with Crippen molar-refractivity contribution in [3.8, 4) is 0 Å². The molecule has 1 atom stereocenters. The van der Waals surface area contributed by atoms with Gasteiger partial charge < -0.3 is 19.7 Å². The molecule has 0 saturated carbocycles. The summed E-state index contributed by atoms with van der Waals surface area (Å²) in [6.07, 6.45) is 2.04. The van der Waals surface area contributed by atoms with Gasteiger partial charge in [0.25, 0.3) is 5.91 Å². The SMILES string of the molecule is CCC(CO)NC(=O)CN(C)C(=O)c1ccco1. The number of carbonyl (C=O) groups excluding carboxylic acids is 2. The third kappa shape index (κ3) is 3.89. The summed E-state index contributed by atoms with van der Waals surface area (Å²) in [6.45, 7) is 1.67. The van der Waals surface area contributed by atoms with E-state index in [4.69, 9.17) is 9.52 Å². The van der Waals surface area contributed by atoms with Crippen molar-refractivity contribution in [2.24, 2.45) is 0 Å². The van der Waals surface area contributed by atoms with Crippen LogP contribution in [0, 0.1) is 0 Å². The fourth-order valence-electron chi connectivity index (χ4n) is 1.43. The van der Waals surface area contributed by atoms with Crippen LogP contribution in [0.25, 0.3) is 0 Å². The minimum Gasteiger partial charge on any atom is -0.459 e. The van der Waals surface area contributed by atoms with E-state index in [2.05, 4.69) is 5.32 Å². The molecule has 18 heavy (non-hydrogen) atoms. The molecule has 100 valence electrons. The van der Waals surface area contributed by atoms with E-state index in [9.17, 15) is 9.59 Å². The van der Waals surface area contributed by atoms with Crippen molar-refractivity contribution >= 4 is 11.8 Å². The topological polar surface area (TPSA) is 82.8 Å². The highest BCUT2D eigenvalue weighted by Gasteiger charge is 2.18. The predicted molar refractivity (Wildman–Crippen MR) is 65.0 cm³/mol. The second-order valence-electron chi connectivity index (χ2n) is 3.99. The number of aliphatic hydroxyl groups is 1. The predicted octanol–water partition coefficient (Wildman–Crippen LogP) is 0.239. The highest BCUT2D eigenvalue weighted by atomic mass is 16.3. The van der Waals surface area contributed by atoms with Gasteiger partial charge in [-0.3, -0.25) is 9.59 Å². The highest BCUT2D eigenvalue weighted by Crippen LogP contribution is 2.03. The van der Waals surface area contributed by atoms with Crippen LogP contribution in [0.4, 0.5) is 0 Å². The van der Waals surface area contributed by atoms with Gasteiger partial charge in [0.2, 0.25) is 5.91 Å². The lowest BCUT2D eigenvalue weighted by Crippen LogP contribution is -2.43. The lowest BCUT2D eigenvalue weighted by molar-refractivity contribution is -0.122. The molecule has 0 aliphatic carbocycles. The minimum atomic E-state index is -0.354. The molecular weight excluding hydrogens is 236 g/mol. The van der Waals surface area contributed by atoms with Crippen LogP contribution in [0.5, 0.6) is 0 Å². The van der Waals surface area contributed by atoms with Crippen molar-refractivity contribution in [3.63, 3.8) is 0 Å². The average Bonchev–Trinajstić information content (AvgIpc) is 2.88. The fourth-order valence-corrected chi connectivity index (χ4v) is 1.43. The lowest BCUT2D eigenvalue weighted by Gasteiger charge is -2.18. The molecular formula is C12H18N2O4. The number of carbonyl (C=O) groups is 2. The Morgan fingerprint density at radius 3 is 2.78 bits per heavy atom. The van der Waals surface area contributed by atoms with Gasteiger partial charge in [-0.05, 0) is 18.6 Å². The molecule has 1 heterocycles. The van der Waals surface area contributed by atoms with Crippen LogP contribution in [-0.4, -0.2) is 48.1 Å². The van der Waals surface area contributed by atoms with Crippen LogP contribution in [-0.2, 0) is 4.79 Å². The molecule has 1 rings (SSSR count). The first-order valence-electron chi connectivity index (χ1n) is 5.77. The Hall–Kier alpha value is -1.82. The van der Waals surface area contributed by atoms with Crippen LogP contribution in [0.15, 0.2) is 22.8 Å². The normalized spacial score (nSPS) is 11.9. The number of furan rings is 1. The zero-order valence-electron chi connectivity index (χ0n) is 10.5. The monoisotopic (exact) mass is 254 g/mol. The van der Waals surface area contributed by atoms with Crippen molar-refractivity contribution in [2.45, 2.75) is 19.4 Å². The molecule has 2 N–H and O–H groups in total. The number of hydrogen-bond acceptors (Lipinski definition) is 4. The Balaban J connectivity index is 2.47. The molecule has 0 aliphatic heterocycles. The standard InChI is InChI=1S/C12H18N2O4/c1-3-9(8-15)13-11(16)7-14(2)12(17)10-5-4-6-18-10/h4-6,9,15H,3,7-8H2,1-2H3,(H,13,16). The molecule has 0 spiro atoms. The minimum absolute atomic E-state index is 0.0734. The van der Waals surface area contributed by atoms with E-state index in [-0.39, 0.29) is 36.8 Å². The number of hydrogen-bond donors (Lipinski definition) is 2. The zero-order chi connectivity index (χ0) is 13.5. The molecule has 0 radical (unpaired) electrons. The van der Waals surface area contributed by atoms with Crippen LogP contribution >= 0.6 is 0 Å². The maximum Gasteiger partial charge on any atom is 0.289 e. The number of likely N-dealkylation sites (N-methyl/N-ethyl adjacent to an activating group) is 1. The van der Waals surface area contributed by atoms with E-state index in [1.54, 1.807) is 12.1 Å². The molecule has 0 saturated heterocycles. The van der Waals surface area contributed by atoms with Gasteiger partial charge in [0.15, 0.2) is 5.76 Å². The van der Waals surface area contributed by atoms with Crippen molar-refractivity contribution in [1.29, 1.82) is 0 Å². The maximum absolute atomic E-state index is 11.8. The van der Waals surface area contributed by atoms with Crippen molar-refractivity contribution in [3.05, 3.63) is 24.2 Å². The van der Waals surface area contributed by atoms with Crippen LogP contribution < -0.4 is 5.32 Å². The first-order valence-corrected chi connectivity index (χ1v) is 5.77. The smallest absolute Gasteiger partial charge is 0.289 e. The molecule has 6 nitrogen and oxygen atoms in total. The summed E-state index contributed by atoms with van der Waals surface area (Å²) in [4.78, 5) is 24.6. The third-order valence-corrected chi connectivity index (χ3v) is 2.54. The second-order valence-corrected chi connectivity index (χ2v) is 3.99. The van der Waals surface area contributed by atoms with E-state index in [1.165, 1.54) is 18.2 Å². The summed E-state index contributed by atoms with van der Waals surface area (Å²) in [7, 11) is 1.52. The van der Waals surface area contributed by atoms with Gasteiger partial charge in [0, 0.05) is 7.05 Å². The molecule has 2 amide bonds. The van der Waals surface area contributed by atoms with E-state index in [0.717, 1.165) is 0 Å². The summed E-state index contributed by atoms with van der Waals surface area (Å²) in [5.74, 6) is -0.468. The average molecular weight is 254 g/mol. The highest BCUT2D eigenvalue weighted by molar-refractivity contribution is 5.94. The van der Waals surface area contributed by atoms with E-state index in [0.29, 0.717) is 6.42 Å². The first kappa shape index (κ1) is 14.2. The summed E-state index contributed by atoms with van der Waals surface area (Å²) >= 11 is 0. The van der Waals surface area contributed by atoms with Crippen molar-refractivity contribution < 1.29 is 19.1 Å². The van der Waals surface area contributed by atoms with Gasteiger partial charge >= 0.3 is 0 Å². The molecule has 1 aromatic heterocycles. The third-order valence-electron chi connectivity index (χ3n) is 2.54. The van der Waals surface area contributed by atoms with Crippen LogP contribution in [0.1, 0.15) is 23.9 Å².